The molecule has 230 valence electrons. The van der Waals surface area contributed by atoms with E-state index in [0.29, 0.717) is 0 Å². The number of aliphatic hydroxyl groups is 1. The minimum atomic E-state index is -8.87. The molecule has 0 spiro atoms. The summed E-state index contributed by atoms with van der Waals surface area (Å²) in [5.41, 5.74) is 0. The summed E-state index contributed by atoms with van der Waals surface area (Å²) < 4.78 is 249. The number of likely N-dealkylation sites (N-methyl/N-ethyl adjacent to an activating group) is 1. The molecule has 0 heterocycles. The Labute approximate surface area is 202 Å². The topological polar surface area (TPSA) is 68.5 Å². The second-order valence-electron chi connectivity index (χ2n) is 8.25. The SMILES string of the molecule is C[N+](C)(CCO)CCC[N-]S(=O)(=O)C(F)(F)C(F)(F)C(F)(F)C(F)(F)C(F)(F)C(F)(F)C(F)(F)C(F)(F)F. The Bertz CT molecular complexity index is 931. The average Bonchev–Trinajstić information content (AvgIpc) is 2.69. The van der Waals surface area contributed by atoms with Gasteiger partial charge in [-0.25, -0.2) is 8.42 Å². The van der Waals surface area contributed by atoms with E-state index in [9.17, 15) is 83.1 Å². The molecule has 23 heteroatoms. The lowest BCUT2D eigenvalue weighted by atomic mass is 9.91. The van der Waals surface area contributed by atoms with Gasteiger partial charge in [0, 0.05) is 0 Å². The molecule has 38 heavy (non-hydrogen) atoms. The fraction of sp³-hybridized carbons (Fsp3) is 1.00. The van der Waals surface area contributed by atoms with Gasteiger partial charge in [0.1, 0.15) is 16.6 Å². The third kappa shape index (κ3) is 5.60. The number of halogens is 17. The quantitative estimate of drug-likeness (QED) is 0.165. The summed E-state index contributed by atoms with van der Waals surface area (Å²) in [5, 5.41) is 1.15. The van der Waals surface area contributed by atoms with Crippen LogP contribution in [0.5, 0.6) is 0 Å². The highest BCUT2D eigenvalue weighted by atomic mass is 32.2. The zero-order chi connectivity index (χ0) is 31.2. The predicted molar refractivity (Wildman–Crippen MR) is 91.4 cm³/mol. The number of sulfonamides is 1. The summed E-state index contributed by atoms with van der Waals surface area (Å²) >= 11 is 0. The third-order valence-electron chi connectivity index (χ3n) is 4.91. The van der Waals surface area contributed by atoms with Gasteiger partial charge in [0.05, 0.1) is 27.2 Å². The summed E-state index contributed by atoms with van der Waals surface area (Å²) in [5.74, 6) is -51.8. The molecular formula is C15H17F17N2O3S. The van der Waals surface area contributed by atoms with Gasteiger partial charge in [-0.15, -0.1) is 6.54 Å². The predicted octanol–water partition coefficient (Wildman–Crippen LogP) is 5.12. The van der Waals surface area contributed by atoms with Crippen LogP contribution in [-0.4, -0.2) is 105 Å². The molecule has 0 aromatic heterocycles. The van der Waals surface area contributed by atoms with E-state index in [4.69, 9.17) is 5.11 Å². The van der Waals surface area contributed by atoms with E-state index >= 15 is 0 Å². The van der Waals surface area contributed by atoms with Crippen LogP contribution in [0.25, 0.3) is 4.72 Å². The molecule has 0 rings (SSSR count). The van der Waals surface area contributed by atoms with Crippen LogP contribution in [0, 0.1) is 0 Å². The smallest absolute Gasteiger partial charge is 0.460 e. The van der Waals surface area contributed by atoms with Gasteiger partial charge < -0.3 is 14.3 Å². The molecule has 0 bridgehead atoms. The Hall–Kier alpha value is -1.36. The molecule has 0 aliphatic heterocycles. The molecule has 0 aromatic rings. The van der Waals surface area contributed by atoms with Gasteiger partial charge in [-0.2, -0.15) is 74.6 Å². The van der Waals surface area contributed by atoms with Gasteiger partial charge in [-0.05, 0) is 6.42 Å². The lowest BCUT2D eigenvalue weighted by Crippen LogP contribution is -2.74. The largest absolute Gasteiger partial charge is 0.543 e. The Morgan fingerprint density at radius 1 is 0.605 bits per heavy atom. The van der Waals surface area contributed by atoms with Crippen molar-refractivity contribution in [1.29, 1.82) is 0 Å². The van der Waals surface area contributed by atoms with E-state index in [2.05, 4.69) is 0 Å². The molecule has 0 saturated heterocycles. The first-order valence-corrected chi connectivity index (χ1v) is 10.8. The maximum absolute atomic E-state index is 13.9. The highest BCUT2D eigenvalue weighted by Crippen LogP contribution is 2.64. The molecule has 0 atom stereocenters. The van der Waals surface area contributed by atoms with Gasteiger partial charge in [0.2, 0.25) is 0 Å². The monoisotopic (exact) mass is 628 g/mol. The van der Waals surface area contributed by atoms with Crippen LogP contribution in [0.15, 0.2) is 0 Å². The van der Waals surface area contributed by atoms with Crippen molar-refractivity contribution in [1.82, 2.24) is 0 Å². The van der Waals surface area contributed by atoms with Gasteiger partial charge in [0.25, 0.3) is 0 Å². The minimum Gasteiger partial charge on any atom is -0.543 e. The average molecular weight is 628 g/mol. The fourth-order valence-electron chi connectivity index (χ4n) is 2.46. The first kappa shape index (κ1) is 36.6. The standard InChI is InChI=1S/C15H17F17N2O3S/c1-34(2,6-7-35)5-3-4-33-38(36,37)15(31,32)13(26,27)11(22,23)9(18,19)8(16,17)10(20,21)12(24,25)14(28,29)30/h35H,3-7H2,1-2H3. The van der Waals surface area contributed by atoms with Crippen LogP contribution in [0.3, 0.4) is 0 Å². The molecule has 0 aliphatic carbocycles. The van der Waals surface area contributed by atoms with Crippen molar-refractivity contribution in [2.45, 2.75) is 53.4 Å². The van der Waals surface area contributed by atoms with E-state index in [1.54, 1.807) is 0 Å². The van der Waals surface area contributed by atoms with Crippen molar-refractivity contribution in [2.24, 2.45) is 0 Å². The number of alkyl halides is 17. The number of quaternary nitrogens is 1. The van der Waals surface area contributed by atoms with Gasteiger partial charge in [-0.3, -0.25) is 0 Å². The molecule has 0 radical (unpaired) electrons. The summed E-state index contributed by atoms with van der Waals surface area (Å²) in [6, 6.07) is 0. The Morgan fingerprint density at radius 3 is 1.29 bits per heavy atom. The Kier molecular flexibility index (Phi) is 9.87. The number of nitrogens with zero attached hydrogens (tertiary/aromatic N) is 2. The van der Waals surface area contributed by atoms with Gasteiger partial charge in [0.15, 0.2) is 0 Å². The van der Waals surface area contributed by atoms with E-state index in [0.717, 1.165) is 0 Å². The number of aliphatic hydroxyl groups excluding tert-OH is 1. The van der Waals surface area contributed by atoms with Crippen molar-refractivity contribution in [3.63, 3.8) is 0 Å². The normalized spacial score (nSPS) is 16.2. The van der Waals surface area contributed by atoms with Gasteiger partial charge in [-0.1, -0.05) is 0 Å². The summed E-state index contributed by atoms with van der Waals surface area (Å²) in [6.07, 6.45) is -8.54. The maximum Gasteiger partial charge on any atom is 0.460 e. The van der Waals surface area contributed by atoms with E-state index in [-0.39, 0.29) is 17.6 Å². The number of hydrogen-bond donors (Lipinski definition) is 1. The van der Waals surface area contributed by atoms with Crippen LogP contribution in [-0.2, 0) is 10.0 Å². The Balaban J connectivity index is 6.41. The second-order valence-corrected chi connectivity index (χ2v) is 9.97. The number of hydrogen-bond acceptors (Lipinski definition) is 3. The van der Waals surface area contributed by atoms with Gasteiger partial charge >= 0.3 is 47.0 Å². The number of rotatable bonds is 14. The van der Waals surface area contributed by atoms with E-state index in [1.165, 1.54) is 14.1 Å². The Morgan fingerprint density at radius 2 is 0.947 bits per heavy atom. The fourth-order valence-corrected chi connectivity index (χ4v) is 3.44. The van der Waals surface area contributed by atoms with Crippen molar-refractivity contribution in [2.75, 3.05) is 40.3 Å². The van der Waals surface area contributed by atoms with Crippen LogP contribution in [0.4, 0.5) is 74.6 Å². The summed E-state index contributed by atoms with van der Waals surface area (Å²) in [7, 11) is -4.73. The van der Waals surface area contributed by atoms with Crippen molar-refractivity contribution in [3.05, 3.63) is 4.72 Å². The first-order valence-electron chi connectivity index (χ1n) is 9.34. The van der Waals surface area contributed by atoms with Crippen molar-refractivity contribution in [3.8, 4) is 0 Å². The molecule has 0 amide bonds. The zero-order valence-corrected chi connectivity index (χ0v) is 19.3. The van der Waals surface area contributed by atoms with Crippen LogP contribution < -0.4 is 0 Å². The highest BCUT2D eigenvalue weighted by molar-refractivity contribution is 7.95. The van der Waals surface area contributed by atoms with Crippen LogP contribution in [0.1, 0.15) is 6.42 Å². The molecular weight excluding hydrogens is 611 g/mol. The molecule has 0 aromatic carbocycles. The molecule has 0 aliphatic rings. The lowest BCUT2D eigenvalue weighted by Gasteiger charge is -2.43. The maximum atomic E-state index is 13.9. The minimum absolute atomic E-state index is 0.0610. The zero-order valence-electron chi connectivity index (χ0n) is 18.5. The lowest BCUT2D eigenvalue weighted by molar-refractivity contribution is -0.890. The summed E-state index contributed by atoms with van der Waals surface area (Å²) in [4.78, 5) is 0. The molecule has 1 N–H and O–H groups in total. The molecule has 5 nitrogen and oxygen atoms in total. The second kappa shape index (κ2) is 10.2. The van der Waals surface area contributed by atoms with E-state index < -0.39 is 76.6 Å². The molecule has 0 saturated carbocycles. The first-order chi connectivity index (χ1) is 16.3. The van der Waals surface area contributed by atoms with Crippen LogP contribution in [0.2, 0.25) is 0 Å². The third-order valence-corrected chi connectivity index (χ3v) is 6.33. The van der Waals surface area contributed by atoms with E-state index in [1.807, 2.05) is 4.72 Å². The van der Waals surface area contributed by atoms with Crippen molar-refractivity contribution >= 4 is 10.0 Å². The summed E-state index contributed by atoms with van der Waals surface area (Å²) in [6.45, 7) is -2.28. The van der Waals surface area contributed by atoms with Crippen LogP contribution >= 0.6 is 0 Å². The molecule has 0 fully saturated rings. The highest BCUT2D eigenvalue weighted by Gasteiger charge is 2.95. The van der Waals surface area contributed by atoms with Crippen molar-refractivity contribution < 1.29 is 92.6 Å². The molecule has 0 unspecified atom stereocenters.